The summed E-state index contributed by atoms with van der Waals surface area (Å²) in [6.07, 6.45) is 9.08. The summed E-state index contributed by atoms with van der Waals surface area (Å²) < 4.78 is 0. The highest BCUT2D eigenvalue weighted by Crippen LogP contribution is 2.57. The topological polar surface area (TPSA) is 76.9 Å². The smallest absolute Gasteiger partial charge is 0.234 e. The molecule has 1 aromatic heterocycles. The van der Waals surface area contributed by atoms with Crippen LogP contribution in [0.2, 0.25) is 0 Å². The van der Waals surface area contributed by atoms with Gasteiger partial charge in [0.2, 0.25) is 5.91 Å². The molecule has 35 heavy (non-hydrogen) atoms. The van der Waals surface area contributed by atoms with Crippen LogP contribution in [-0.4, -0.2) is 68.7 Å². The van der Waals surface area contributed by atoms with Crippen molar-refractivity contribution >= 4 is 5.91 Å². The van der Waals surface area contributed by atoms with E-state index in [4.69, 9.17) is 0 Å². The van der Waals surface area contributed by atoms with E-state index in [1.807, 2.05) is 29.2 Å². The zero-order chi connectivity index (χ0) is 23.8. The highest BCUT2D eigenvalue weighted by Gasteiger charge is 2.64. The number of phenols is 1. The summed E-state index contributed by atoms with van der Waals surface area (Å²) in [5, 5.41) is 23.1. The first kappa shape index (κ1) is 21.8. The van der Waals surface area contributed by atoms with E-state index < -0.39 is 16.4 Å². The molecule has 5 aliphatic rings. The number of pyridine rings is 1. The number of aromatic hydroxyl groups is 1. The van der Waals surface area contributed by atoms with Gasteiger partial charge in [0.25, 0.3) is 0 Å². The second-order valence-corrected chi connectivity index (χ2v) is 11.8. The van der Waals surface area contributed by atoms with Crippen molar-refractivity contribution in [1.29, 1.82) is 0 Å². The Bertz CT molecular complexity index is 1160. The van der Waals surface area contributed by atoms with Gasteiger partial charge in [-0.3, -0.25) is 14.7 Å². The van der Waals surface area contributed by atoms with E-state index in [0.29, 0.717) is 19.5 Å². The maximum atomic E-state index is 13.9. The molecule has 1 amide bonds. The molecule has 1 aromatic carbocycles. The summed E-state index contributed by atoms with van der Waals surface area (Å²) in [4.78, 5) is 23.0. The number of aliphatic hydroxyl groups is 1. The molecule has 3 heterocycles. The molecule has 184 valence electrons. The van der Waals surface area contributed by atoms with Gasteiger partial charge in [0.1, 0.15) is 5.75 Å². The van der Waals surface area contributed by atoms with E-state index in [2.05, 4.69) is 16.0 Å². The van der Waals surface area contributed by atoms with Crippen LogP contribution < -0.4 is 0 Å². The molecule has 0 radical (unpaired) electrons. The van der Waals surface area contributed by atoms with Crippen molar-refractivity contribution in [3.63, 3.8) is 0 Å². The minimum atomic E-state index is -0.905. The third-order valence-electron chi connectivity index (χ3n) is 10.0. The Hall–Kier alpha value is -2.44. The minimum Gasteiger partial charge on any atom is -0.508 e. The van der Waals surface area contributed by atoms with Crippen molar-refractivity contribution in [2.24, 2.45) is 5.92 Å². The Morgan fingerprint density at radius 1 is 1.03 bits per heavy atom. The zero-order valence-corrected chi connectivity index (χ0v) is 20.3. The van der Waals surface area contributed by atoms with Gasteiger partial charge in [-0.05, 0) is 99.2 Å². The number of likely N-dealkylation sites (tertiary alicyclic amines) is 2. The standard InChI is InChI=1S/C29H35N3O3/c33-22-7-6-21-17-25-29(35)12-16-31(26(34)27(8-9-27)24-3-1-2-13-30-24)14-10-28(29,23(21)18-22)11-15-32(25)19-20-4-5-20/h1-3,6-7,13,18,20,25,33,35H,4-5,8-12,14-17,19H2/t25-,28+,29-/m1/s1. The Labute approximate surface area is 207 Å². The average molecular weight is 474 g/mol. The number of carbonyl (C=O) groups excluding carboxylic acids is 1. The van der Waals surface area contributed by atoms with Crippen LogP contribution in [-0.2, 0) is 22.0 Å². The predicted octanol–water partition coefficient (Wildman–Crippen LogP) is 3.15. The fourth-order valence-electron chi connectivity index (χ4n) is 7.72. The number of carbonyl (C=O) groups is 1. The van der Waals surface area contributed by atoms with Crippen LogP contribution in [0.1, 0.15) is 61.8 Å². The number of phenolic OH excluding ortho intramolecular Hbond substituents is 1. The third-order valence-corrected chi connectivity index (χ3v) is 10.0. The number of rotatable bonds is 4. The number of piperidine rings is 1. The Morgan fingerprint density at radius 3 is 2.57 bits per heavy atom. The molecule has 4 fully saturated rings. The zero-order valence-electron chi connectivity index (χ0n) is 20.3. The van der Waals surface area contributed by atoms with Crippen LogP contribution in [0, 0.1) is 5.92 Å². The highest BCUT2D eigenvalue weighted by molar-refractivity contribution is 5.90. The summed E-state index contributed by atoms with van der Waals surface area (Å²) in [6.45, 7) is 3.26. The first-order chi connectivity index (χ1) is 17.0. The second kappa shape index (κ2) is 7.53. The summed E-state index contributed by atoms with van der Waals surface area (Å²) in [6, 6.07) is 11.7. The van der Waals surface area contributed by atoms with Crippen molar-refractivity contribution in [2.75, 3.05) is 26.2 Å². The van der Waals surface area contributed by atoms with Gasteiger partial charge in [-0.1, -0.05) is 12.1 Å². The minimum absolute atomic E-state index is 0.0645. The predicted molar refractivity (Wildman–Crippen MR) is 132 cm³/mol. The molecule has 2 saturated heterocycles. The quantitative estimate of drug-likeness (QED) is 0.714. The average Bonchev–Trinajstić information content (AvgIpc) is 3.77. The molecule has 6 heteroatoms. The highest BCUT2D eigenvalue weighted by atomic mass is 16.3. The molecule has 2 aromatic rings. The Balaban J connectivity index is 1.25. The number of fused-ring (bicyclic) bond motifs is 1. The number of aromatic nitrogens is 1. The Kier molecular flexibility index (Phi) is 4.69. The summed E-state index contributed by atoms with van der Waals surface area (Å²) in [5.74, 6) is 1.21. The first-order valence-electron chi connectivity index (χ1n) is 13.4. The number of nitrogens with zero attached hydrogens (tertiary/aromatic N) is 3. The van der Waals surface area contributed by atoms with Crippen molar-refractivity contribution in [2.45, 2.75) is 73.8 Å². The molecule has 0 unspecified atom stereocenters. The van der Waals surface area contributed by atoms with Crippen LogP contribution in [0.3, 0.4) is 0 Å². The van der Waals surface area contributed by atoms with E-state index in [0.717, 1.165) is 62.4 Å². The normalized spacial score (nSPS) is 33.4. The third kappa shape index (κ3) is 3.15. The van der Waals surface area contributed by atoms with Crippen molar-refractivity contribution < 1.29 is 15.0 Å². The molecule has 2 saturated carbocycles. The van der Waals surface area contributed by atoms with Gasteiger partial charge in [-0.25, -0.2) is 0 Å². The maximum absolute atomic E-state index is 13.9. The van der Waals surface area contributed by atoms with Gasteiger partial charge in [-0.2, -0.15) is 0 Å². The second-order valence-electron chi connectivity index (χ2n) is 11.8. The lowest BCUT2D eigenvalue weighted by molar-refractivity contribution is -0.149. The van der Waals surface area contributed by atoms with E-state index in [1.165, 1.54) is 18.4 Å². The van der Waals surface area contributed by atoms with Crippen LogP contribution in [0.5, 0.6) is 5.75 Å². The van der Waals surface area contributed by atoms with Gasteiger partial charge in [0.15, 0.2) is 0 Å². The molecular formula is C29H35N3O3. The largest absolute Gasteiger partial charge is 0.508 e. The number of amides is 1. The van der Waals surface area contributed by atoms with Gasteiger partial charge in [0, 0.05) is 37.3 Å². The fourth-order valence-corrected chi connectivity index (χ4v) is 7.72. The van der Waals surface area contributed by atoms with Crippen LogP contribution >= 0.6 is 0 Å². The molecule has 0 spiro atoms. The molecule has 3 aliphatic carbocycles. The van der Waals surface area contributed by atoms with Crippen molar-refractivity contribution in [3.05, 3.63) is 59.4 Å². The molecule has 2 bridgehead atoms. The van der Waals surface area contributed by atoms with E-state index >= 15 is 0 Å². The SMILES string of the molecule is O=C(N1CC[C@]23CCN(CC4CC4)[C@H](Cc4ccc(O)cc42)[C@]3(O)CC1)C1(c2ccccn2)CC1. The van der Waals surface area contributed by atoms with Crippen LogP contribution in [0.4, 0.5) is 0 Å². The van der Waals surface area contributed by atoms with Gasteiger partial charge in [0.05, 0.1) is 16.7 Å². The van der Waals surface area contributed by atoms with Crippen LogP contribution in [0.15, 0.2) is 42.6 Å². The van der Waals surface area contributed by atoms with Gasteiger partial charge in [-0.15, -0.1) is 0 Å². The lowest BCUT2D eigenvalue weighted by Gasteiger charge is -2.61. The lowest BCUT2D eigenvalue weighted by Crippen LogP contribution is -2.71. The fraction of sp³-hybridized carbons (Fsp3) is 0.586. The molecule has 2 N–H and O–H groups in total. The molecule has 6 nitrogen and oxygen atoms in total. The lowest BCUT2D eigenvalue weighted by atomic mass is 9.52. The monoisotopic (exact) mass is 473 g/mol. The number of hydrogen-bond donors (Lipinski definition) is 2. The van der Waals surface area contributed by atoms with Crippen molar-refractivity contribution in [1.82, 2.24) is 14.8 Å². The van der Waals surface area contributed by atoms with Gasteiger partial charge < -0.3 is 15.1 Å². The van der Waals surface area contributed by atoms with E-state index in [1.54, 1.807) is 12.3 Å². The molecule has 2 aliphatic heterocycles. The summed E-state index contributed by atoms with van der Waals surface area (Å²) in [7, 11) is 0. The number of benzene rings is 1. The maximum Gasteiger partial charge on any atom is 0.234 e. The molecule has 7 rings (SSSR count). The van der Waals surface area contributed by atoms with Gasteiger partial charge >= 0.3 is 0 Å². The molecular weight excluding hydrogens is 438 g/mol. The first-order valence-corrected chi connectivity index (χ1v) is 13.4. The van der Waals surface area contributed by atoms with Crippen molar-refractivity contribution in [3.8, 4) is 5.75 Å². The van der Waals surface area contributed by atoms with E-state index in [9.17, 15) is 15.0 Å². The summed E-state index contributed by atoms with van der Waals surface area (Å²) >= 11 is 0. The van der Waals surface area contributed by atoms with Crippen LogP contribution in [0.25, 0.3) is 0 Å². The molecule has 3 atom stereocenters. The number of hydrogen-bond acceptors (Lipinski definition) is 5. The summed E-state index contributed by atoms with van der Waals surface area (Å²) in [5.41, 5.74) is 1.43. The Morgan fingerprint density at radius 2 is 1.83 bits per heavy atom. The van der Waals surface area contributed by atoms with E-state index in [-0.39, 0.29) is 17.7 Å².